The van der Waals surface area contributed by atoms with Gasteiger partial charge < -0.3 is 5.73 Å². The zero-order chi connectivity index (χ0) is 7.44. The van der Waals surface area contributed by atoms with Crippen LogP contribution in [0.15, 0.2) is 11.6 Å². The molecule has 0 aromatic carbocycles. The van der Waals surface area contributed by atoms with Gasteiger partial charge in [-0.25, -0.2) is 0 Å². The smallest absolute Gasteiger partial charge is 0.105 e. The van der Waals surface area contributed by atoms with Crippen molar-refractivity contribution >= 4 is 0 Å². The third kappa shape index (κ3) is 4.11. The summed E-state index contributed by atoms with van der Waals surface area (Å²) in [4.78, 5) is 0. The second-order valence-corrected chi connectivity index (χ2v) is 2.18. The molecular weight excluding hydrogens is 116 g/mol. The van der Waals surface area contributed by atoms with Crippen LogP contribution < -0.4 is 17.4 Å². The van der Waals surface area contributed by atoms with E-state index >= 15 is 0 Å². The van der Waals surface area contributed by atoms with Crippen LogP contribution >= 0.6 is 0 Å². The first-order chi connectivity index (χ1) is 4.04. The molecule has 0 aromatic rings. The first kappa shape index (κ1) is 8.58. The van der Waals surface area contributed by atoms with Crippen LogP contribution in [0.2, 0.25) is 0 Å². The second-order valence-electron chi connectivity index (χ2n) is 2.18. The molecule has 0 spiro atoms. The van der Waals surface area contributed by atoms with E-state index in [4.69, 9.17) is 17.4 Å². The Labute approximate surface area is 55.2 Å². The van der Waals surface area contributed by atoms with E-state index in [1.54, 1.807) is 6.08 Å². The van der Waals surface area contributed by atoms with Crippen LogP contribution in [0.25, 0.3) is 0 Å². The maximum absolute atomic E-state index is 5.42. The van der Waals surface area contributed by atoms with E-state index in [0.717, 1.165) is 10.7 Å². The normalized spacial score (nSPS) is 13.6. The fourth-order valence-corrected chi connectivity index (χ4v) is 0.428. The molecule has 0 saturated carbocycles. The molecule has 6 N–H and O–H groups in total. The van der Waals surface area contributed by atoms with Crippen LogP contribution in [-0.2, 0) is 0 Å². The van der Waals surface area contributed by atoms with Gasteiger partial charge in [0.15, 0.2) is 0 Å². The van der Waals surface area contributed by atoms with Gasteiger partial charge in [0.2, 0.25) is 0 Å². The predicted octanol–water partition coefficient (Wildman–Crippen LogP) is -0.713. The molecule has 0 rings (SSSR count). The van der Waals surface area contributed by atoms with Crippen LogP contribution in [0.4, 0.5) is 0 Å². The molecule has 0 saturated heterocycles. The monoisotopic (exact) mass is 130 g/mol. The maximum Gasteiger partial charge on any atom is 0.105 e. The summed E-state index contributed by atoms with van der Waals surface area (Å²) < 4.78 is 0. The van der Waals surface area contributed by atoms with Crippen molar-refractivity contribution in [3.63, 3.8) is 0 Å². The minimum Gasteiger partial charge on any atom is -0.310 e. The Morgan fingerprint density at radius 2 is 1.89 bits per heavy atom. The lowest BCUT2D eigenvalue weighted by Gasteiger charge is -2.14. The van der Waals surface area contributed by atoms with Crippen molar-refractivity contribution in [3.8, 4) is 0 Å². The Kier molecular flexibility index (Phi) is 3.41. The van der Waals surface area contributed by atoms with E-state index in [1.807, 2.05) is 13.8 Å². The predicted molar refractivity (Wildman–Crippen MR) is 37.6 cm³/mol. The van der Waals surface area contributed by atoms with Gasteiger partial charge in [-0.05, 0) is 13.8 Å². The summed E-state index contributed by atoms with van der Waals surface area (Å²) in [6.45, 7) is 3.87. The summed E-state index contributed by atoms with van der Waals surface area (Å²) in [6.07, 6.45) is 1.40. The van der Waals surface area contributed by atoms with Crippen LogP contribution in [0.5, 0.6) is 0 Å². The lowest BCUT2D eigenvalue weighted by Crippen LogP contribution is -2.50. The SMILES string of the molecule is CC(C)=CC(N)N(N)N. The Morgan fingerprint density at radius 3 is 2.00 bits per heavy atom. The molecule has 9 heavy (non-hydrogen) atoms. The van der Waals surface area contributed by atoms with Gasteiger partial charge in [0.05, 0.1) is 0 Å². The lowest BCUT2D eigenvalue weighted by atomic mass is 10.3. The van der Waals surface area contributed by atoms with Crippen molar-refractivity contribution in [1.82, 2.24) is 5.12 Å². The molecule has 4 heteroatoms. The fourth-order valence-electron chi connectivity index (χ4n) is 0.428. The van der Waals surface area contributed by atoms with Crippen molar-refractivity contribution < 1.29 is 0 Å². The van der Waals surface area contributed by atoms with Gasteiger partial charge in [-0.3, -0.25) is 11.7 Å². The van der Waals surface area contributed by atoms with Crippen molar-refractivity contribution in [3.05, 3.63) is 11.6 Å². The van der Waals surface area contributed by atoms with Gasteiger partial charge in [0.1, 0.15) is 6.17 Å². The summed E-state index contributed by atoms with van der Waals surface area (Å²) in [5.41, 5.74) is 6.52. The average Bonchev–Trinajstić information content (AvgIpc) is 1.63. The van der Waals surface area contributed by atoms with Crippen molar-refractivity contribution in [2.75, 3.05) is 0 Å². The van der Waals surface area contributed by atoms with Gasteiger partial charge >= 0.3 is 0 Å². The molecule has 0 bridgehead atoms. The number of hydrogen-bond donors (Lipinski definition) is 3. The van der Waals surface area contributed by atoms with Crippen molar-refractivity contribution in [1.29, 1.82) is 0 Å². The maximum atomic E-state index is 5.42. The Balaban J connectivity index is 3.76. The summed E-state index contributed by atoms with van der Waals surface area (Å²) in [7, 11) is 0. The first-order valence-corrected chi connectivity index (χ1v) is 2.73. The average molecular weight is 130 g/mol. The number of hydrazine groups is 2. The quantitative estimate of drug-likeness (QED) is 0.199. The zero-order valence-electron chi connectivity index (χ0n) is 5.83. The molecule has 0 aliphatic rings. The third-order valence-electron chi connectivity index (χ3n) is 0.848. The van der Waals surface area contributed by atoms with E-state index in [2.05, 4.69) is 0 Å². The van der Waals surface area contributed by atoms with E-state index in [9.17, 15) is 0 Å². The van der Waals surface area contributed by atoms with Crippen LogP contribution in [0.3, 0.4) is 0 Å². The van der Waals surface area contributed by atoms with E-state index in [-0.39, 0.29) is 6.17 Å². The molecular formula is C5H14N4. The highest BCUT2D eigenvalue weighted by atomic mass is 15.6. The largest absolute Gasteiger partial charge is 0.310 e. The lowest BCUT2D eigenvalue weighted by molar-refractivity contribution is 0.247. The van der Waals surface area contributed by atoms with E-state index < -0.39 is 0 Å². The molecule has 1 unspecified atom stereocenters. The molecule has 0 aliphatic carbocycles. The van der Waals surface area contributed by atoms with Crippen molar-refractivity contribution in [2.24, 2.45) is 17.4 Å². The molecule has 4 nitrogen and oxygen atoms in total. The molecule has 0 aromatic heterocycles. The molecule has 1 atom stereocenters. The molecule has 0 aliphatic heterocycles. The Morgan fingerprint density at radius 1 is 1.44 bits per heavy atom. The second kappa shape index (κ2) is 3.58. The molecule has 0 heterocycles. The van der Waals surface area contributed by atoms with E-state index in [1.165, 1.54) is 0 Å². The van der Waals surface area contributed by atoms with Gasteiger partial charge in [-0.2, -0.15) is 5.12 Å². The molecule has 54 valence electrons. The van der Waals surface area contributed by atoms with Crippen molar-refractivity contribution in [2.45, 2.75) is 20.0 Å². The first-order valence-electron chi connectivity index (χ1n) is 2.73. The van der Waals surface area contributed by atoms with Crippen LogP contribution in [0, 0.1) is 0 Å². The van der Waals surface area contributed by atoms with Gasteiger partial charge in [-0.1, -0.05) is 11.6 Å². The summed E-state index contributed by atoms with van der Waals surface area (Å²) in [6, 6.07) is 0. The fraction of sp³-hybridized carbons (Fsp3) is 0.600. The standard InChI is InChI=1S/C5H14N4/c1-4(2)3-5(6)9(7)8/h3,5H,6-8H2,1-2H3. The Hall–Kier alpha value is -0.420. The Bertz CT molecular complexity index is 104. The topological polar surface area (TPSA) is 81.3 Å². The van der Waals surface area contributed by atoms with Gasteiger partial charge in [-0.15, -0.1) is 0 Å². The zero-order valence-corrected chi connectivity index (χ0v) is 5.83. The number of nitrogens with two attached hydrogens (primary N) is 3. The number of allylic oxidation sites excluding steroid dienone is 1. The van der Waals surface area contributed by atoms with Crippen LogP contribution in [0.1, 0.15) is 13.8 Å². The number of rotatable bonds is 2. The van der Waals surface area contributed by atoms with Gasteiger partial charge in [0.25, 0.3) is 0 Å². The number of nitrogens with zero attached hydrogens (tertiary/aromatic N) is 1. The highest BCUT2D eigenvalue weighted by Gasteiger charge is 1.98. The summed E-state index contributed by atoms with van der Waals surface area (Å²) >= 11 is 0. The minimum absolute atomic E-state index is 0.380. The molecule has 0 amide bonds. The van der Waals surface area contributed by atoms with E-state index in [0.29, 0.717) is 0 Å². The third-order valence-corrected chi connectivity index (χ3v) is 0.848. The van der Waals surface area contributed by atoms with Crippen LogP contribution in [-0.4, -0.2) is 11.3 Å². The molecule has 0 radical (unpaired) electrons. The summed E-state index contributed by atoms with van der Waals surface area (Å²) in [5.74, 6) is 10.3. The highest BCUT2D eigenvalue weighted by Crippen LogP contribution is 1.90. The number of hydrogen-bond acceptors (Lipinski definition) is 4. The molecule has 0 fully saturated rings. The summed E-state index contributed by atoms with van der Waals surface area (Å²) in [5, 5.41) is 0.965. The minimum atomic E-state index is -0.380. The van der Waals surface area contributed by atoms with Gasteiger partial charge in [0, 0.05) is 0 Å². The highest BCUT2D eigenvalue weighted by molar-refractivity contribution is 4.97.